The van der Waals surface area contributed by atoms with Crippen molar-refractivity contribution >= 4 is 34.8 Å². The number of carbonyl (C=O) groups excluding carboxylic acids is 2. The van der Waals surface area contributed by atoms with Crippen LogP contribution in [0.25, 0.3) is 0 Å². The fourth-order valence-electron chi connectivity index (χ4n) is 3.80. The van der Waals surface area contributed by atoms with Gasteiger partial charge in [-0.05, 0) is 47.4 Å². The molecule has 0 aliphatic carbocycles. The normalized spacial score (nSPS) is 13.5. The molecule has 4 rings (SSSR count). The maximum absolute atomic E-state index is 12.7. The highest BCUT2D eigenvalue weighted by molar-refractivity contribution is 6.31. The van der Waals surface area contributed by atoms with Crippen molar-refractivity contribution in [2.24, 2.45) is 0 Å². The lowest BCUT2D eigenvalue weighted by molar-refractivity contribution is -0.143. The molecule has 1 aromatic heterocycles. The number of hydrogen-bond acceptors (Lipinski definition) is 6. The van der Waals surface area contributed by atoms with Gasteiger partial charge in [-0.2, -0.15) is 0 Å². The summed E-state index contributed by atoms with van der Waals surface area (Å²) in [6.07, 6.45) is 3.84. The molecule has 2 amide bonds. The van der Waals surface area contributed by atoms with Gasteiger partial charge in [0, 0.05) is 41.8 Å². The molecule has 3 aromatic rings. The Balaban J connectivity index is 1.34. The standard InChI is InChI=1S/C26H26ClN5O3/c27-21-5-6-23(28)22(11-21)24(29)14-31-26(34)20-10-19(12-30-13-20)9-17-1-3-18(4-2-17)15-32-7-8-35-16-25(32)33/h1-6,10-13,29H,7-9,14-16,28H2,(H,31,34). The summed E-state index contributed by atoms with van der Waals surface area (Å²) in [5, 5.41) is 11.4. The van der Waals surface area contributed by atoms with E-state index in [4.69, 9.17) is 27.5 Å². The lowest BCUT2D eigenvalue weighted by atomic mass is 10.0. The molecule has 2 aromatic carbocycles. The number of nitrogens with two attached hydrogens (primary N) is 1. The van der Waals surface area contributed by atoms with E-state index in [0.717, 1.165) is 16.7 Å². The third kappa shape index (κ3) is 6.44. The zero-order valence-corrected chi connectivity index (χ0v) is 19.8. The van der Waals surface area contributed by atoms with E-state index in [-0.39, 0.29) is 30.7 Å². The van der Waals surface area contributed by atoms with Crippen LogP contribution in [0.4, 0.5) is 5.69 Å². The van der Waals surface area contributed by atoms with Crippen LogP contribution in [0.5, 0.6) is 0 Å². The summed E-state index contributed by atoms with van der Waals surface area (Å²) < 4.78 is 5.17. The van der Waals surface area contributed by atoms with Crippen molar-refractivity contribution in [2.45, 2.75) is 13.0 Å². The number of anilines is 1. The molecule has 0 radical (unpaired) electrons. The summed E-state index contributed by atoms with van der Waals surface area (Å²) in [7, 11) is 0. The Hall–Kier alpha value is -3.75. The second kappa shape index (κ2) is 11.1. The Bertz CT molecular complexity index is 1250. The Morgan fingerprint density at radius 2 is 1.89 bits per heavy atom. The third-order valence-corrected chi connectivity index (χ3v) is 5.95. The molecule has 0 spiro atoms. The van der Waals surface area contributed by atoms with E-state index in [1.807, 2.05) is 24.3 Å². The first-order valence-electron chi connectivity index (χ1n) is 11.2. The van der Waals surface area contributed by atoms with Crippen molar-refractivity contribution < 1.29 is 14.3 Å². The molecule has 1 aliphatic rings. The summed E-state index contributed by atoms with van der Waals surface area (Å²) in [5.74, 6) is -0.317. The third-order valence-electron chi connectivity index (χ3n) is 5.71. The molecular weight excluding hydrogens is 466 g/mol. The quantitative estimate of drug-likeness (QED) is 0.330. The van der Waals surface area contributed by atoms with Crippen LogP contribution < -0.4 is 11.1 Å². The molecule has 9 heteroatoms. The number of halogens is 1. The average Bonchev–Trinajstić information content (AvgIpc) is 2.86. The Morgan fingerprint density at radius 3 is 2.66 bits per heavy atom. The van der Waals surface area contributed by atoms with E-state index < -0.39 is 0 Å². The Labute approximate surface area is 208 Å². The number of carbonyl (C=O) groups is 2. The molecule has 35 heavy (non-hydrogen) atoms. The number of ether oxygens (including phenoxy) is 1. The summed E-state index contributed by atoms with van der Waals surface area (Å²) in [6, 6.07) is 14.7. The van der Waals surface area contributed by atoms with Gasteiger partial charge in [0.1, 0.15) is 6.61 Å². The topological polar surface area (TPSA) is 121 Å². The molecule has 1 aliphatic heterocycles. The van der Waals surface area contributed by atoms with Gasteiger partial charge in [-0.3, -0.25) is 14.6 Å². The highest BCUT2D eigenvalue weighted by Crippen LogP contribution is 2.18. The smallest absolute Gasteiger partial charge is 0.253 e. The minimum Gasteiger partial charge on any atom is -0.398 e. The summed E-state index contributed by atoms with van der Waals surface area (Å²) in [6.45, 7) is 1.89. The van der Waals surface area contributed by atoms with E-state index in [0.29, 0.717) is 48.0 Å². The first kappa shape index (κ1) is 24.4. The number of nitrogens with one attached hydrogen (secondary N) is 2. The van der Waals surface area contributed by atoms with Gasteiger partial charge >= 0.3 is 0 Å². The molecule has 0 unspecified atom stereocenters. The first-order valence-corrected chi connectivity index (χ1v) is 11.5. The Morgan fingerprint density at radius 1 is 1.11 bits per heavy atom. The van der Waals surface area contributed by atoms with E-state index in [2.05, 4.69) is 10.3 Å². The van der Waals surface area contributed by atoms with Crippen LogP contribution in [0.3, 0.4) is 0 Å². The van der Waals surface area contributed by atoms with Gasteiger partial charge in [-0.1, -0.05) is 35.9 Å². The fraction of sp³-hybridized carbons (Fsp3) is 0.231. The molecule has 1 fully saturated rings. The SMILES string of the molecule is N=C(CNC(=O)c1cncc(Cc2ccc(CN3CCOCC3=O)cc2)c1)c1cc(Cl)ccc1N. The van der Waals surface area contributed by atoms with E-state index in [9.17, 15) is 9.59 Å². The lowest BCUT2D eigenvalue weighted by Crippen LogP contribution is -2.40. The van der Waals surface area contributed by atoms with E-state index in [1.54, 1.807) is 35.4 Å². The largest absolute Gasteiger partial charge is 0.398 e. The van der Waals surface area contributed by atoms with Crippen LogP contribution >= 0.6 is 11.6 Å². The highest BCUT2D eigenvalue weighted by Gasteiger charge is 2.18. The molecule has 4 N–H and O–H groups in total. The zero-order valence-electron chi connectivity index (χ0n) is 19.1. The molecule has 180 valence electrons. The number of amides is 2. The summed E-state index contributed by atoms with van der Waals surface area (Å²) >= 11 is 5.99. The van der Waals surface area contributed by atoms with Crippen LogP contribution in [-0.4, -0.2) is 53.7 Å². The molecule has 0 atom stereocenters. The highest BCUT2D eigenvalue weighted by atomic mass is 35.5. The minimum absolute atomic E-state index is 0.00710. The van der Waals surface area contributed by atoms with Gasteiger partial charge < -0.3 is 26.1 Å². The maximum atomic E-state index is 12.7. The number of aromatic nitrogens is 1. The molecule has 1 saturated heterocycles. The number of hydrogen-bond donors (Lipinski definition) is 3. The van der Waals surface area contributed by atoms with Gasteiger partial charge in [0.2, 0.25) is 5.91 Å². The van der Waals surface area contributed by atoms with Crippen molar-refractivity contribution in [1.82, 2.24) is 15.2 Å². The monoisotopic (exact) mass is 491 g/mol. The second-order valence-electron chi connectivity index (χ2n) is 8.34. The molecule has 0 saturated carbocycles. The molecule has 2 heterocycles. The summed E-state index contributed by atoms with van der Waals surface area (Å²) in [5.41, 5.74) is 10.4. The molecule has 0 bridgehead atoms. The van der Waals surface area contributed by atoms with Crippen molar-refractivity contribution in [3.05, 3.63) is 93.8 Å². The predicted octanol–water partition coefficient (Wildman–Crippen LogP) is 3.06. The maximum Gasteiger partial charge on any atom is 0.253 e. The second-order valence-corrected chi connectivity index (χ2v) is 8.77. The van der Waals surface area contributed by atoms with Crippen LogP contribution in [0.15, 0.2) is 60.9 Å². The van der Waals surface area contributed by atoms with Crippen molar-refractivity contribution in [3.63, 3.8) is 0 Å². The van der Waals surface area contributed by atoms with Crippen LogP contribution in [0, 0.1) is 5.41 Å². The summed E-state index contributed by atoms with van der Waals surface area (Å²) in [4.78, 5) is 30.6. The van der Waals surface area contributed by atoms with Crippen LogP contribution in [-0.2, 0) is 22.5 Å². The van der Waals surface area contributed by atoms with Gasteiger partial charge in [0.05, 0.1) is 24.4 Å². The predicted molar refractivity (Wildman–Crippen MR) is 135 cm³/mol. The van der Waals surface area contributed by atoms with Gasteiger partial charge in [-0.25, -0.2) is 0 Å². The van der Waals surface area contributed by atoms with Crippen LogP contribution in [0.1, 0.15) is 32.6 Å². The van der Waals surface area contributed by atoms with Crippen LogP contribution in [0.2, 0.25) is 5.02 Å². The fourth-order valence-corrected chi connectivity index (χ4v) is 3.97. The lowest BCUT2D eigenvalue weighted by Gasteiger charge is -2.26. The minimum atomic E-state index is -0.324. The molecule has 8 nitrogen and oxygen atoms in total. The van der Waals surface area contributed by atoms with Gasteiger partial charge in [0.25, 0.3) is 5.91 Å². The van der Waals surface area contributed by atoms with Crippen molar-refractivity contribution in [2.75, 3.05) is 32.0 Å². The number of benzene rings is 2. The number of nitrogen functional groups attached to an aromatic ring is 1. The number of nitrogens with zero attached hydrogens (tertiary/aromatic N) is 2. The Kier molecular flexibility index (Phi) is 7.74. The van der Waals surface area contributed by atoms with E-state index in [1.165, 1.54) is 6.20 Å². The van der Waals surface area contributed by atoms with E-state index >= 15 is 0 Å². The van der Waals surface area contributed by atoms with Gasteiger partial charge in [-0.15, -0.1) is 0 Å². The van der Waals surface area contributed by atoms with Crippen molar-refractivity contribution in [1.29, 1.82) is 5.41 Å². The molecular formula is C26H26ClN5O3. The average molecular weight is 492 g/mol. The number of pyridine rings is 1. The number of rotatable bonds is 8. The number of morpholine rings is 1. The van der Waals surface area contributed by atoms with Gasteiger partial charge in [0.15, 0.2) is 0 Å². The first-order chi connectivity index (χ1) is 16.9. The van der Waals surface area contributed by atoms with Crippen molar-refractivity contribution in [3.8, 4) is 0 Å². The zero-order chi connectivity index (χ0) is 24.8.